The number of rotatable bonds is 4. The number of hydrogen-bond donors (Lipinski definition) is 2. The molecule has 82 valence electrons. The third-order valence-electron chi connectivity index (χ3n) is 2.03. The van der Waals surface area contributed by atoms with E-state index in [1.54, 1.807) is 25.4 Å². The van der Waals surface area contributed by atoms with E-state index in [4.69, 9.17) is 5.11 Å². The van der Waals surface area contributed by atoms with Crippen LogP contribution in [0.2, 0.25) is 0 Å². The topological polar surface area (TPSA) is 84.2 Å². The Morgan fingerprint density at radius 1 is 1.47 bits per heavy atom. The molecule has 1 rings (SSSR count). The number of amides is 1. The maximum Gasteiger partial charge on any atom is 0.325 e. The van der Waals surface area contributed by atoms with E-state index in [0.717, 1.165) is 0 Å². The normalized spacial score (nSPS) is 14.3. The minimum Gasteiger partial charge on any atom is -0.480 e. The highest BCUT2D eigenvalue weighted by atomic mass is 16.4. The summed E-state index contributed by atoms with van der Waals surface area (Å²) in [5.74, 6) is -1.43. The molecular formula is C9H13N3O3. The Kier molecular flexibility index (Phi) is 3.43. The number of carboxylic acid groups (broad SMARTS) is 1. The van der Waals surface area contributed by atoms with Crippen LogP contribution in [0.4, 0.5) is 0 Å². The van der Waals surface area contributed by atoms with Gasteiger partial charge in [-0.1, -0.05) is 0 Å². The lowest BCUT2D eigenvalue weighted by molar-refractivity contribution is -0.141. The van der Waals surface area contributed by atoms with E-state index < -0.39 is 18.1 Å². The highest BCUT2D eigenvalue weighted by Crippen LogP contribution is 2.03. The second kappa shape index (κ2) is 4.59. The summed E-state index contributed by atoms with van der Waals surface area (Å²) in [4.78, 5) is 22.0. The highest BCUT2D eigenvalue weighted by Gasteiger charge is 2.19. The maximum atomic E-state index is 11.5. The molecule has 0 spiro atoms. The monoisotopic (exact) mass is 211 g/mol. The third kappa shape index (κ3) is 2.80. The van der Waals surface area contributed by atoms with E-state index >= 15 is 0 Å². The zero-order valence-corrected chi connectivity index (χ0v) is 8.54. The number of carbonyl (C=O) groups is 2. The molecule has 0 fully saturated rings. The van der Waals surface area contributed by atoms with Crippen LogP contribution in [0.1, 0.15) is 19.9 Å². The van der Waals surface area contributed by atoms with Crippen LogP contribution in [0, 0.1) is 0 Å². The summed E-state index contributed by atoms with van der Waals surface area (Å²) in [5, 5.41) is 14.9. The first-order chi connectivity index (χ1) is 7.02. The van der Waals surface area contributed by atoms with Crippen molar-refractivity contribution in [1.82, 2.24) is 15.1 Å². The fourth-order valence-corrected chi connectivity index (χ4v) is 1.03. The van der Waals surface area contributed by atoms with Gasteiger partial charge >= 0.3 is 5.97 Å². The first kappa shape index (κ1) is 11.2. The number of hydrogen-bond acceptors (Lipinski definition) is 3. The highest BCUT2D eigenvalue weighted by molar-refractivity contribution is 5.85. The van der Waals surface area contributed by atoms with Crippen molar-refractivity contribution in [3.8, 4) is 0 Å². The molecule has 0 aromatic carbocycles. The molecule has 0 aliphatic rings. The molecule has 6 heteroatoms. The van der Waals surface area contributed by atoms with E-state index in [-0.39, 0.29) is 5.91 Å². The molecule has 2 atom stereocenters. The fraction of sp³-hybridized carbons (Fsp3) is 0.444. The smallest absolute Gasteiger partial charge is 0.325 e. The minimum atomic E-state index is -1.06. The average Bonchev–Trinajstić information content (AvgIpc) is 2.68. The lowest BCUT2D eigenvalue weighted by Gasteiger charge is -2.14. The van der Waals surface area contributed by atoms with E-state index in [0.29, 0.717) is 0 Å². The Morgan fingerprint density at radius 2 is 2.13 bits per heavy atom. The van der Waals surface area contributed by atoms with Crippen LogP contribution < -0.4 is 5.32 Å². The van der Waals surface area contributed by atoms with Crippen LogP contribution in [-0.4, -0.2) is 32.8 Å². The van der Waals surface area contributed by atoms with Gasteiger partial charge < -0.3 is 10.4 Å². The molecule has 0 aliphatic carbocycles. The van der Waals surface area contributed by atoms with Gasteiger partial charge in [-0.05, 0) is 19.9 Å². The Hall–Kier alpha value is -1.85. The standard InChI is InChI=1S/C9H13N3O3/c1-6(9(14)15)11-8(13)7(2)12-5-3-4-10-12/h3-7H,1-2H3,(H,11,13)(H,14,15)/t6-,7?/m0/s1. The molecule has 1 amide bonds. The summed E-state index contributed by atoms with van der Waals surface area (Å²) in [6.45, 7) is 3.06. The number of carbonyl (C=O) groups excluding carboxylic acids is 1. The van der Waals surface area contributed by atoms with Crippen molar-refractivity contribution < 1.29 is 14.7 Å². The van der Waals surface area contributed by atoms with E-state index in [2.05, 4.69) is 10.4 Å². The molecule has 15 heavy (non-hydrogen) atoms. The van der Waals surface area contributed by atoms with Crippen molar-refractivity contribution in [3.63, 3.8) is 0 Å². The van der Waals surface area contributed by atoms with Gasteiger partial charge in [0.15, 0.2) is 0 Å². The Morgan fingerprint density at radius 3 is 2.60 bits per heavy atom. The Bertz CT molecular complexity index is 347. The molecular weight excluding hydrogens is 198 g/mol. The van der Waals surface area contributed by atoms with Gasteiger partial charge in [0.2, 0.25) is 5.91 Å². The van der Waals surface area contributed by atoms with Gasteiger partial charge in [0.1, 0.15) is 12.1 Å². The first-order valence-electron chi connectivity index (χ1n) is 4.54. The van der Waals surface area contributed by atoms with Gasteiger partial charge in [-0.15, -0.1) is 0 Å². The van der Waals surface area contributed by atoms with Crippen LogP contribution in [0.25, 0.3) is 0 Å². The zero-order chi connectivity index (χ0) is 11.4. The Balaban J connectivity index is 2.58. The predicted molar refractivity (Wildman–Crippen MR) is 52.2 cm³/mol. The number of carboxylic acids is 1. The van der Waals surface area contributed by atoms with E-state index in [1.165, 1.54) is 11.6 Å². The second-order valence-electron chi connectivity index (χ2n) is 3.23. The van der Waals surface area contributed by atoms with Crippen molar-refractivity contribution in [1.29, 1.82) is 0 Å². The van der Waals surface area contributed by atoms with E-state index in [9.17, 15) is 9.59 Å². The lowest BCUT2D eigenvalue weighted by Crippen LogP contribution is -2.41. The molecule has 0 bridgehead atoms. The molecule has 0 radical (unpaired) electrons. The number of nitrogens with zero attached hydrogens (tertiary/aromatic N) is 2. The third-order valence-corrected chi connectivity index (χ3v) is 2.03. The van der Waals surface area contributed by atoms with Crippen molar-refractivity contribution >= 4 is 11.9 Å². The van der Waals surface area contributed by atoms with Gasteiger partial charge in [-0.25, -0.2) is 0 Å². The maximum absolute atomic E-state index is 11.5. The zero-order valence-electron chi connectivity index (χ0n) is 8.54. The van der Waals surface area contributed by atoms with Crippen LogP contribution in [-0.2, 0) is 9.59 Å². The van der Waals surface area contributed by atoms with Crippen molar-refractivity contribution in [2.24, 2.45) is 0 Å². The summed E-state index contributed by atoms with van der Waals surface area (Å²) < 4.78 is 1.46. The molecule has 0 saturated heterocycles. The van der Waals surface area contributed by atoms with Gasteiger partial charge in [-0.2, -0.15) is 5.10 Å². The largest absolute Gasteiger partial charge is 0.480 e. The van der Waals surface area contributed by atoms with Crippen molar-refractivity contribution in [2.75, 3.05) is 0 Å². The molecule has 1 heterocycles. The summed E-state index contributed by atoms with van der Waals surface area (Å²) in [6, 6.07) is 0.294. The molecule has 2 N–H and O–H groups in total. The van der Waals surface area contributed by atoms with Crippen LogP contribution in [0.3, 0.4) is 0 Å². The lowest BCUT2D eigenvalue weighted by atomic mass is 10.2. The van der Waals surface area contributed by atoms with E-state index in [1.807, 2.05) is 0 Å². The minimum absolute atomic E-state index is 0.367. The molecule has 0 aliphatic heterocycles. The summed E-state index contributed by atoms with van der Waals surface area (Å²) >= 11 is 0. The van der Waals surface area contributed by atoms with Crippen LogP contribution in [0.15, 0.2) is 18.5 Å². The van der Waals surface area contributed by atoms with Gasteiger partial charge in [0, 0.05) is 12.4 Å². The predicted octanol–water partition coefficient (Wildman–Crippen LogP) is 0.0334. The average molecular weight is 211 g/mol. The Labute approximate surface area is 86.9 Å². The molecule has 0 saturated carbocycles. The summed E-state index contributed by atoms with van der Waals surface area (Å²) in [6.07, 6.45) is 3.21. The number of aromatic nitrogens is 2. The van der Waals surface area contributed by atoms with Crippen molar-refractivity contribution in [3.05, 3.63) is 18.5 Å². The summed E-state index contributed by atoms with van der Waals surface area (Å²) in [5.41, 5.74) is 0. The second-order valence-corrected chi connectivity index (χ2v) is 3.23. The van der Waals surface area contributed by atoms with Crippen LogP contribution in [0.5, 0.6) is 0 Å². The quantitative estimate of drug-likeness (QED) is 0.736. The molecule has 1 unspecified atom stereocenters. The van der Waals surface area contributed by atoms with Crippen molar-refractivity contribution in [2.45, 2.75) is 25.9 Å². The fourth-order valence-electron chi connectivity index (χ4n) is 1.03. The van der Waals surface area contributed by atoms with Crippen LogP contribution >= 0.6 is 0 Å². The van der Waals surface area contributed by atoms with Gasteiger partial charge in [-0.3, -0.25) is 14.3 Å². The molecule has 1 aromatic rings. The SMILES string of the molecule is CC(C(=O)N[C@@H](C)C(=O)O)n1cccn1. The number of aliphatic carboxylic acids is 1. The van der Waals surface area contributed by atoms with Gasteiger partial charge in [0.25, 0.3) is 0 Å². The molecule has 1 aromatic heterocycles. The summed E-state index contributed by atoms with van der Waals surface area (Å²) in [7, 11) is 0. The number of nitrogens with one attached hydrogen (secondary N) is 1. The molecule has 6 nitrogen and oxygen atoms in total. The van der Waals surface area contributed by atoms with Gasteiger partial charge in [0.05, 0.1) is 0 Å². The first-order valence-corrected chi connectivity index (χ1v) is 4.54.